The fourth-order valence-electron chi connectivity index (χ4n) is 5.83. The van der Waals surface area contributed by atoms with E-state index in [1.54, 1.807) is 6.07 Å². The Morgan fingerprint density at radius 3 is 2.07 bits per heavy atom. The molecule has 3 aliphatic rings. The molecule has 3 fully saturated rings. The van der Waals surface area contributed by atoms with Gasteiger partial charge in [0.15, 0.2) is 6.10 Å². The molecule has 238 valence electrons. The minimum absolute atomic E-state index is 0.0255. The molecular formula is C25H30F9N3O5. The summed E-state index contributed by atoms with van der Waals surface area (Å²) in [7, 11) is 0. The third-order valence-electron chi connectivity index (χ3n) is 7.78. The van der Waals surface area contributed by atoms with Gasteiger partial charge in [-0.05, 0) is 68.1 Å². The Bertz CT molecular complexity index is 1070. The van der Waals surface area contributed by atoms with Crippen LogP contribution in [0.2, 0.25) is 0 Å². The van der Waals surface area contributed by atoms with E-state index in [0.717, 1.165) is 12.1 Å². The highest BCUT2D eigenvalue weighted by Gasteiger charge is 2.60. The van der Waals surface area contributed by atoms with Gasteiger partial charge >= 0.3 is 24.5 Å². The van der Waals surface area contributed by atoms with E-state index in [2.05, 4.69) is 0 Å². The highest BCUT2D eigenvalue weighted by Crippen LogP contribution is 2.45. The topological polar surface area (TPSA) is 93.5 Å². The maximum absolute atomic E-state index is 13.7. The first-order valence-corrected chi connectivity index (χ1v) is 12.9. The number of nitrogens with zero attached hydrogens (tertiary/aromatic N) is 3. The number of carboxylic acids is 1. The molecule has 8 nitrogen and oxygen atoms in total. The maximum Gasteiger partial charge on any atom is 0.416 e. The van der Waals surface area contributed by atoms with Crippen molar-refractivity contribution in [3.05, 3.63) is 29.3 Å². The van der Waals surface area contributed by atoms with Gasteiger partial charge in [0.1, 0.15) is 0 Å². The molecule has 4 rings (SSSR count). The molecule has 1 spiro atoms. The van der Waals surface area contributed by atoms with E-state index in [9.17, 15) is 49.4 Å². The molecule has 3 saturated heterocycles. The van der Waals surface area contributed by atoms with Gasteiger partial charge in [-0.15, -0.1) is 0 Å². The molecule has 0 aliphatic carbocycles. The Morgan fingerprint density at radius 1 is 0.976 bits per heavy atom. The first kappa shape index (κ1) is 33.7. The van der Waals surface area contributed by atoms with E-state index in [-0.39, 0.29) is 64.3 Å². The molecule has 3 aliphatic heterocycles. The number of piperidine rings is 1. The van der Waals surface area contributed by atoms with Crippen molar-refractivity contribution >= 4 is 18.1 Å². The van der Waals surface area contributed by atoms with E-state index in [0.29, 0.717) is 30.0 Å². The van der Waals surface area contributed by atoms with Crippen LogP contribution in [0.1, 0.15) is 30.4 Å². The van der Waals surface area contributed by atoms with Crippen molar-refractivity contribution in [1.29, 1.82) is 0 Å². The highest BCUT2D eigenvalue weighted by molar-refractivity contribution is 5.73. The lowest BCUT2D eigenvalue weighted by Crippen LogP contribution is -2.58. The van der Waals surface area contributed by atoms with Gasteiger partial charge in [-0.1, -0.05) is 0 Å². The number of rotatable bonds is 5. The average Bonchev–Trinajstić information content (AvgIpc) is 3.25. The van der Waals surface area contributed by atoms with Gasteiger partial charge in [-0.3, -0.25) is 14.6 Å². The molecule has 0 aromatic heterocycles. The second-order valence-corrected chi connectivity index (χ2v) is 10.6. The van der Waals surface area contributed by atoms with Crippen LogP contribution in [-0.4, -0.2) is 103 Å². The number of benzene rings is 1. The standard InChI is InChI=1S/C24H28F9N3O3.CH2O2/c25-22(26,27)16-9-15(10-17(11-16)36-7-8-39-18(13-36)19(37)38)12-34-4-1-21(14-34)2-5-35(6-3-21)20(23(28,29)30)24(31,32)33;2-1-3/h9-11,18,20H,1-8,12-14H2,(H,37,38);1H,(H,2,3). The van der Waals surface area contributed by atoms with Gasteiger partial charge < -0.3 is 19.8 Å². The van der Waals surface area contributed by atoms with Crippen molar-refractivity contribution < 1.29 is 64.1 Å². The number of aliphatic carboxylic acids is 1. The van der Waals surface area contributed by atoms with Gasteiger partial charge in [-0.2, -0.15) is 39.5 Å². The number of ether oxygens (including phenoxy) is 1. The summed E-state index contributed by atoms with van der Waals surface area (Å²) in [6, 6.07) is -0.0233. The lowest BCUT2D eigenvalue weighted by Gasteiger charge is -2.43. The van der Waals surface area contributed by atoms with Crippen LogP contribution in [0.4, 0.5) is 45.2 Å². The molecule has 42 heavy (non-hydrogen) atoms. The molecule has 1 aromatic rings. The van der Waals surface area contributed by atoms with Crippen molar-refractivity contribution in [3.8, 4) is 0 Å². The molecule has 1 atom stereocenters. The smallest absolute Gasteiger partial charge is 0.416 e. The van der Waals surface area contributed by atoms with Crippen molar-refractivity contribution in [1.82, 2.24) is 9.80 Å². The van der Waals surface area contributed by atoms with E-state index in [1.807, 2.05) is 4.90 Å². The monoisotopic (exact) mass is 623 g/mol. The zero-order valence-corrected chi connectivity index (χ0v) is 22.1. The molecular weight excluding hydrogens is 593 g/mol. The van der Waals surface area contributed by atoms with Crippen molar-refractivity contribution in [2.24, 2.45) is 5.41 Å². The van der Waals surface area contributed by atoms with Crippen LogP contribution in [0.15, 0.2) is 18.2 Å². The van der Waals surface area contributed by atoms with E-state index >= 15 is 0 Å². The van der Waals surface area contributed by atoms with Gasteiger partial charge in [0.05, 0.1) is 18.7 Å². The molecule has 0 bridgehead atoms. The molecule has 17 heteroatoms. The number of carbonyl (C=O) groups is 2. The van der Waals surface area contributed by atoms with Crippen LogP contribution in [0.3, 0.4) is 0 Å². The molecule has 3 heterocycles. The molecule has 0 saturated carbocycles. The number of likely N-dealkylation sites (tertiary alicyclic amines) is 2. The average molecular weight is 624 g/mol. The second-order valence-electron chi connectivity index (χ2n) is 10.6. The number of hydrogen-bond acceptors (Lipinski definition) is 6. The summed E-state index contributed by atoms with van der Waals surface area (Å²) in [6.07, 6.45) is -16.0. The number of halogens is 9. The summed E-state index contributed by atoms with van der Waals surface area (Å²) in [6.45, 7) is -0.0402. The summed E-state index contributed by atoms with van der Waals surface area (Å²) in [4.78, 5) is 23.5. The van der Waals surface area contributed by atoms with E-state index in [4.69, 9.17) is 14.6 Å². The van der Waals surface area contributed by atoms with Gasteiger partial charge in [0.2, 0.25) is 6.04 Å². The lowest BCUT2D eigenvalue weighted by molar-refractivity contribution is -0.290. The number of carboxylic acid groups (broad SMARTS) is 2. The minimum atomic E-state index is -5.45. The molecule has 1 unspecified atom stereocenters. The summed E-state index contributed by atoms with van der Waals surface area (Å²) in [5.41, 5.74) is -0.897. The first-order valence-electron chi connectivity index (χ1n) is 12.9. The zero-order chi connectivity index (χ0) is 31.5. The Hall–Kier alpha value is -2.79. The maximum atomic E-state index is 13.7. The SMILES string of the molecule is O=C(O)C1CN(c2cc(CN3CCC4(CCN(C(C(F)(F)F)C(F)(F)F)CC4)C3)cc(C(F)(F)F)c2)CCO1.O=CO. The fourth-order valence-corrected chi connectivity index (χ4v) is 5.83. The second kappa shape index (κ2) is 12.8. The van der Waals surface area contributed by atoms with Crippen LogP contribution < -0.4 is 4.90 Å². The predicted octanol–water partition coefficient (Wildman–Crippen LogP) is 4.48. The van der Waals surface area contributed by atoms with Gasteiger partial charge in [0, 0.05) is 25.3 Å². The van der Waals surface area contributed by atoms with Crippen molar-refractivity contribution in [3.63, 3.8) is 0 Å². The molecule has 0 amide bonds. The molecule has 0 radical (unpaired) electrons. The Labute approximate surface area is 234 Å². The predicted molar refractivity (Wildman–Crippen MR) is 129 cm³/mol. The van der Waals surface area contributed by atoms with Crippen LogP contribution in [-0.2, 0) is 27.0 Å². The third-order valence-corrected chi connectivity index (χ3v) is 7.78. The first-order chi connectivity index (χ1) is 19.4. The highest BCUT2D eigenvalue weighted by atomic mass is 19.4. The minimum Gasteiger partial charge on any atom is -0.483 e. The molecule has 1 aromatic carbocycles. The Balaban J connectivity index is 0.00000155. The number of morpholine rings is 1. The molecule has 2 N–H and O–H groups in total. The normalized spacial score (nSPS) is 22.2. The lowest BCUT2D eigenvalue weighted by atomic mass is 9.77. The third kappa shape index (κ3) is 8.40. The number of anilines is 1. The zero-order valence-electron chi connectivity index (χ0n) is 22.1. The van der Waals surface area contributed by atoms with Crippen molar-refractivity contribution in [2.45, 2.75) is 56.5 Å². The summed E-state index contributed by atoms with van der Waals surface area (Å²) >= 11 is 0. The largest absolute Gasteiger partial charge is 0.483 e. The van der Waals surface area contributed by atoms with Gasteiger partial charge in [-0.25, -0.2) is 4.79 Å². The Kier molecular flexibility index (Phi) is 10.3. The fraction of sp³-hybridized carbons (Fsp3) is 0.680. The van der Waals surface area contributed by atoms with Crippen LogP contribution in [0.5, 0.6) is 0 Å². The van der Waals surface area contributed by atoms with E-state index in [1.165, 1.54) is 4.90 Å². The number of alkyl halides is 9. The van der Waals surface area contributed by atoms with Crippen molar-refractivity contribution in [2.75, 3.05) is 50.8 Å². The van der Waals surface area contributed by atoms with Gasteiger partial charge in [0.25, 0.3) is 6.47 Å². The summed E-state index contributed by atoms with van der Waals surface area (Å²) < 4.78 is 125. The van der Waals surface area contributed by atoms with Crippen LogP contribution in [0, 0.1) is 5.41 Å². The summed E-state index contributed by atoms with van der Waals surface area (Å²) in [5, 5.41) is 16.1. The quantitative estimate of drug-likeness (QED) is 0.367. The summed E-state index contributed by atoms with van der Waals surface area (Å²) in [5.74, 6) is -1.22. The van der Waals surface area contributed by atoms with Crippen LogP contribution >= 0.6 is 0 Å². The van der Waals surface area contributed by atoms with Crippen LogP contribution in [0.25, 0.3) is 0 Å². The Morgan fingerprint density at radius 2 is 1.55 bits per heavy atom. The number of hydrogen-bond donors (Lipinski definition) is 2. The van der Waals surface area contributed by atoms with E-state index < -0.39 is 47.6 Å².